The third kappa shape index (κ3) is 3.51. The van der Waals surface area contributed by atoms with Gasteiger partial charge in [-0.1, -0.05) is 28.1 Å². The molecule has 4 nitrogen and oxygen atoms in total. The molecular formula is C13H13BrN2O2. The Morgan fingerprint density at radius 3 is 2.61 bits per heavy atom. The highest BCUT2D eigenvalue weighted by molar-refractivity contribution is 9.08. The summed E-state index contributed by atoms with van der Waals surface area (Å²) in [5.74, 6) is 0.705. The third-order valence-electron chi connectivity index (χ3n) is 2.25. The molecule has 94 valence electrons. The summed E-state index contributed by atoms with van der Waals surface area (Å²) in [6, 6.07) is 8.00. The molecule has 0 atom stereocenters. The van der Waals surface area contributed by atoms with Crippen LogP contribution in [0, 0.1) is 0 Å². The highest BCUT2D eigenvalue weighted by atomic mass is 79.9. The molecule has 1 heterocycles. The minimum absolute atomic E-state index is 0.342. The Labute approximate surface area is 114 Å². The molecule has 0 spiro atoms. The van der Waals surface area contributed by atoms with Crippen LogP contribution in [0.4, 0.5) is 0 Å². The molecule has 0 bridgehead atoms. The second-order valence-corrected chi connectivity index (χ2v) is 4.25. The number of halogens is 1. The van der Waals surface area contributed by atoms with Gasteiger partial charge in [-0.2, -0.15) is 0 Å². The van der Waals surface area contributed by atoms with Crippen molar-refractivity contribution in [2.75, 3.05) is 7.11 Å². The minimum Gasteiger partial charge on any atom is -0.424 e. The van der Waals surface area contributed by atoms with Gasteiger partial charge in [0, 0.05) is 24.8 Å². The number of benzene rings is 1. The summed E-state index contributed by atoms with van der Waals surface area (Å²) in [6.07, 6.45) is 3.46. The SMILES string of the molecule is COCc1cccc(Oc2ncc(CBr)cn2)c1. The lowest BCUT2D eigenvalue weighted by Gasteiger charge is -2.05. The molecule has 2 aromatic rings. The molecule has 1 aromatic carbocycles. The van der Waals surface area contributed by atoms with Crippen molar-refractivity contribution in [3.8, 4) is 11.8 Å². The van der Waals surface area contributed by atoms with Crippen LogP contribution in [0.3, 0.4) is 0 Å². The summed E-state index contributed by atoms with van der Waals surface area (Å²) in [6.45, 7) is 0.556. The maximum Gasteiger partial charge on any atom is 0.321 e. The second-order valence-electron chi connectivity index (χ2n) is 3.69. The van der Waals surface area contributed by atoms with E-state index in [1.807, 2.05) is 24.3 Å². The molecule has 0 aliphatic carbocycles. The zero-order chi connectivity index (χ0) is 12.8. The van der Waals surface area contributed by atoms with Crippen molar-refractivity contribution in [1.82, 2.24) is 9.97 Å². The zero-order valence-corrected chi connectivity index (χ0v) is 11.6. The van der Waals surface area contributed by atoms with E-state index in [0.717, 1.165) is 16.5 Å². The van der Waals surface area contributed by atoms with Crippen molar-refractivity contribution < 1.29 is 9.47 Å². The Morgan fingerprint density at radius 1 is 1.17 bits per heavy atom. The van der Waals surface area contributed by atoms with Crippen molar-refractivity contribution in [2.24, 2.45) is 0 Å². The molecule has 18 heavy (non-hydrogen) atoms. The fraction of sp³-hybridized carbons (Fsp3) is 0.231. The van der Waals surface area contributed by atoms with Crippen molar-refractivity contribution in [1.29, 1.82) is 0 Å². The van der Waals surface area contributed by atoms with Crippen LogP contribution < -0.4 is 4.74 Å². The molecule has 0 N–H and O–H groups in total. The van der Waals surface area contributed by atoms with Gasteiger partial charge in [-0.3, -0.25) is 0 Å². The van der Waals surface area contributed by atoms with Gasteiger partial charge in [-0.05, 0) is 23.3 Å². The summed E-state index contributed by atoms with van der Waals surface area (Å²) in [5.41, 5.74) is 2.06. The van der Waals surface area contributed by atoms with Gasteiger partial charge in [0.2, 0.25) is 0 Å². The topological polar surface area (TPSA) is 44.2 Å². The Hall–Kier alpha value is -1.46. The Balaban J connectivity index is 2.09. The first kappa shape index (κ1) is 13.0. The van der Waals surface area contributed by atoms with Crippen LogP contribution in [-0.4, -0.2) is 17.1 Å². The first-order chi connectivity index (χ1) is 8.81. The summed E-state index contributed by atoms with van der Waals surface area (Å²) < 4.78 is 10.6. The van der Waals surface area contributed by atoms with E-state index in [0.29, 0.717) is 18.4 Å². The average Bonchev–Trinajstić information content (AvgIpc) is 2.40. The van der Waals surface area contributed by atoms with E-state index in [1.165, 1.54) is 0 Å². The quantitative estimate of drug-likeness (QED) is 0.795. The van der Waals surface area contributed by atoms with Crippen LogP contribution in [0.1, 0.15) is 11.1 Å². The highest BCUT2D eigenvalue weighted by Crippen LogP contribution is 2.19. The first-order valence-electron chi connectivity index (χ1n) is 5.44. The van der Waals surface area contributed by atoms with Gasteiger partial charge < -0.3 is 9.47 Å². The summed E-state index contributed by atoms with van der Waals surface area (Å²) in [5, 5.41) is 0.733. The van der Waals surface area contributed by atoms with Crippen molar-refractivity contribution in [3.63, 3.8) is 0 Å². The van der Waals surface area contributed by atoms with E-state index in [1.54, 1.807) is 19.5 Å². The lowest BCUT2D eigenvalue weighted by molar-refractivity contribution is 0.184. The molecule has 0 aliphatic heterocycles. The minimum atomic E-state index is 0.342. The van der Waals surface area contributed by atoms with Gasteiger partial charge in [-0.25, -0.2) is 9.97 Å². The van der Waals surface area contributed by atoms with Crippen LogP contribution >= 0.6 is 15.9 Å². The number of methoxy groups -OCH3 is 1. The number of nitrogens with zero attached hydrogens (tertiary/aromatic N) is 2. The molecule has 5 heteroatoms. The third-order valence-corrected chi connectivity index (χ3v) is 2.90. The van der Waals surface area contributed by atoms with Crippen molar-refractivity contribution in [2.45, 2.75) is 11.9 Å². The molecule has 2 rings (SSSR count). The van der Waals surface area contributed by atoms with Crippen LogP contribution in [0.2, 0.25) is 0 Å². The molecule has 0 saturated heterocycles. The maximum absolute atomic E-state index is 5.57. The van der Waals surface area contributed by atoms with Crippen LogP contribution in [-0.2, 0) is 16.7 Å². The van der Waals surface area contributed by atoms with Crippen molar-refractivity contribution >= 4 is 15.9 Å². The van der Waals surface area contributed by atoms with Crippen LogP contribution in [0.5, 0.6) is 11.8 Å². The number of hydrogen-bond donors (Lipinski definition) is 0. The van der Waals surface area contributed by atoms with E-state index in [9.17, 15) is 0 Å². The Kier molecular flexibility index (Phi) is 4.66. The fourth-order valence-electron chi connectivity index (χ4n) is 1.44. The number of ether oxygens (including phenoxy) is 2. The maximum atomic E-state index is 5.57. The average molecular weight is 309 g/mol. The molecule has 0 unspecified atom stereocenters. The van der Waals surface area contributed by atoms with E-state index in [-0.39, 0.29) is 0 Å². The van der Waals surface area contributed by atoms with E-state index < -0.39 is 0 Å². The smallest absolute Gasteiger partial charge is 0.321 e. The van der Waals surface area contributed by atoms with Gasteiger partial charge in [0.25, 0.3) is 0 Å². The second kappa shape index (κ2) is 6.47. The highest BCUT2D eigenvalue weighted by Gasteiger charge is 2.01. The van der Waals surface area contributed by atoms with Gasteiger partial charge in [0.05, 0.1) is 6.61 Å². The summed E-state index contributed by atoms with van der Waals surface area (Å²) in [4.78, 5) is 8.25. The monoisotopic (exact) mass is 308 g/mol. The van der Waals surface area contributed by atoms with Gasteiger partial charge >= 0.3 is 6.01 Å². The normalized spacial score (nSPS) is 10.3. The lowest BCUT2D eigenvalue weighted by Crippen LogP contribution is -1.94. The van der Waals surface area contributed by atoms with Crippen LogP contribution in [0.15, 0.2) is 36.7 Å². The summed E-state index contributed by atoms with van der Waals surface area (Å²) in [7, 11) is 1.66. The number of rotatable bonds is 5. The molecule has 0 amide bonds. The number of aromatic nitrogens is 2. The van der Waals surface area contributed by atoms with Gasteiger partial charge in [-0.15, -0.1) is 0 Å². The summed E-state index contributed by atoms with van der Waals surface area (Å²) >= 11 is 3.34. The zero-order valence-electron chi connectivity index (χ0n) is 9.97. The lowest BCUT2D eigenvalue weighted by atomic mass is 10.2. The van der Waals surface area contributed by atoms with Gasteiger partial charge in [0.1, 0.15) is 5.75 Å². The molecule has 0 radical (unpaired) electrons. The number of hydrogen-bond acceptors (Lipinski definition) is 4. The van der Waals surface area contributed by atoms with Crippen LogP contribution in [0.25, 0.3) is 0 Å². The van der Waals surface area contributed by atoms with Crippen molar-refractivity contribution in [3.05, 3.63) is 47.8 Å². The predicted molar refractivity (Wildman–Crippen MR) is 71.9 cm³/mol. The fourth-order valence-corrected chi connectivity index (χ4v) is 1.73. The molecule has 0 saturated carbocycles. The molecule has 0 fully saturated rings. The molecule has 1 aromatic heterocycles. The molecule has 0 aliphatic rings. The van der Waals surface area contributed by atoms with E-state index >= 15 is 0 Å². The predicted octanol–water partition coefficient (Wildman–Crippen LogP) is 3.31. The first-order valence-corrected chi connectivity index (χ1v) is 6.56. The van der Waals surface area contributed by atoms with E-state index in [2.05, 4.69) is 25.9 Å². The van der Waals surface area contributed by atoms with Gasteiger partial charge in [0.15, 0.2) is 0 Å². The Morgan fingerprint density at radius 2 is 1.94 bits per heavy atom. The number of alkyl halides is 1. The standard InChI is InChI=1S/C13H13BrN2O2/c1-17-9-10-3-2-4-12(5-10)18-13-15-7-11(6-14)8-16-13/h2-5,7-8H,6,9H2,1H3. The van der Waals surface area contributed by atoms with E-state index in [4.69, 9.17) is 9.47 Å². The largest absolute Gasteiger partial charge is 0.424 e. The molecular weight excluding hydrogens is 296 g/mol. The Bertz CT molecular complexity index is 503.